The van der Waals surface area contributed by atoms with Crippen LogP contribution in [0.5, 0.6) is 0 Å². The molecule has 0 saturated carbocycles. The minimum atomic E-state index is 0. The number of amides is 1. The van der Waals surface area contributed by atoms with Crippen LogP contribution in [0, 0.1) is 0 Å². The van der Waals surface area contributed by atoms with Gasteiger partial charge in [0, 0.05) is 38.6 Å². The first-order valence-corrected chi connectivity index (χ1v) is 9.34. The SMILES string of the molecule is CN=C(NCC(=O)N1CCc2sccc2C1)N(C)Cc1ccccc1.I. The molecule has 0 atom stereocenters. The second kappa shape index (κ2) is 9.91. The van der Waals surface area contributed by atoms with Crippen LogP contribution in [0.2, 0.25) is 0 Å². The summed E-state index contributed by atoms with van der Waals surface area (Å²) in [5, 5.41) is 5.30. The normalized spacial score (nSPS) is 13.6. The van der Waals surface area contributed by atoms with Crippen molar-refractivity contribution in [2.24, 2.45) is 4.99 Å². The maximum absolute atomic E-state index is 12.5. The summed E-state index contributed by atoms with van der Waals surface area (Å²) in [7, 11) is 3.72. The Balaban J connectivity index is 0.00000243. The molecule has 7 heteroatoms. The Hall–Kier alpha value is -1.61. The van der Waals surface area contributed by atoms with Gasteiger partial charge in [0.1, 0.15) is 0 Å². The van der Waals surface area contributed by atoms with E-state index in [1.54, 1.807) is 18.4 Å². The van der Waals surface area contributed by atoms with Crippen molar-refractivity contribution in [2.45, 2.75) is 19.5 Å². The summed E-state index contributed by atoms with van der Waals surface area (Å²) in [4.78, 5) is 22.2. The molecule has 0 radical (unpaired) electrons. The van der Waals surface area contributed by atoms with Crippen LogP contribution in [-0.4, -0.2) is 48.9 Å². The largest absolute Gasteiger partial charge is 0.347 e. The van der Waals surface area contributed by atoms with Crippen LogP contribution >= 0.6 is 35.3 Å². The average Bonchev–Trinajstić information content (AvgIpc) is 3.10. The Labute approximate surface area is 176 Å². The number of thiophene rings is 1. The molecule has 1 amide bonds. The number of benzene rings is 1. The molecule has 0 unspecified atom stereocenters. The number of hydrogen-bond acceptors (Lipinski definition) is 3. The third-order valence-corrected chi connectivity index (χ3v) is 5.42. The van der Waals surface area contributed by atoms with Crippen LogP contribution in [-0.2, 0) is 24.3 Å². The molecule has 1 aliphatic heterocycles. The Morgan fingerprint density at radius 1 is 1.31 bits per heavy atom. The highest BCUT2D eigenvalue weighted by molar-refractivity contribution is 14.0. The predicted octanol–water partition coefficient (Wildman–Crippen LogP) is 2.96. The Morgan fingerprint density at radius 2 is 2.08 bits per heavy atom. The monoisotopic (exact) mass is 484 g/mol. The summed E-state index contributed by atoms with van der Waals surface area (Å²) in [5.41, 5.74) is 2.50. The highest BCUT2D eigenvalue weighted by Gasteiger charge is 2.21. The fourth-order valence-corrected chi connectivity index (χ4v) is 3.93. The number of carbonyl (C=O) groups is 1. The van der Waals surface area contributed by atoms with E-state index in [0.29, 0.717) is 0 Å². The summed E-state index contributed by atoms with van der Waals surface area (Å²) < 4.78 is 0. The van der Waals surface area contributed by atoms with Crippen molar-refractivity contribution in [3.8, 4) is 0 Å². The molecule has 1 aromatic carbocycles. The average molecular weight is 484 g/mol. The molecule has 0 bridgehead atoms. The molecular formula is C19H25IN4OS. The van der Waals surface area contributed by atoms with Gasteiger partial charge in [0.25, 0.3) is 0 Å². The molecule has 2 heterocycles. The van der Waals surface area contributed by atoms with Gasteiger partial charge in [-0.3, -0.25) is 9.79 Å². The summed E-state index contributed by atoms with van der Waals surface area (Å²) in [6.45, 7) is 2.53. The molecule has 3 rings (SSSR count). The Morgan fingerprint density at radius 3 is 2.81 bits per heavy atom. The molecular weight excluding hydrogens is 459 g/mol. The highest BCUT2D eigenvalue weighted by Crippen LogP contribution is 2.23. The maximum atomic E-state index is 12.5. The lowest BCUT2D eigenvalue weighted by atomic mass is 10.1. The third-order valence-electron chi connectivity index (χ3n) is 4.39. The van der Waals surface area contributed by atoms with Crippen molar-refractivity contribution < 1.29 is 4.79 Å². The fourth-order valence-electron chi connectivity index (χ4n) is 3.04. The summed E-state index contributed by atoms with van der Waals surface area (Å²) in [5.74, 6) is 0.844. The number of halogens is 1. The van der Waals surface area contributed by atoms with E-state index in [-0.39, 0.29) is 36.4 Å². The van der Waals surface area contributed by atoms with E-state index in [1.807, 2.05) is 35.0 Å². The minimum Gasteiger partial charge on any atom is -0.347 e. The first-order valence-electron chi connectivity index (χ1n) is 8.46. The Bertz CT molecular complexity index is 747. The lowest BCUT2D eigenvalue weighted by Crippen LogP contribution is -2.46. The number of guanidine groups is 1. The zero-order chi connectivity index (χ0) is 17.6. The molecule has 1 aromatic heterocycles. The van der Waals surface area contributed by atoms with E-state index in [0.717, 1.165) is 32.0 Å². The van der Waals surface area contributed by atoms with Crippen LogP contribution in [0.15, 0.2) is 46.8 Å². The van der Waals surface area contributed by atoms with E-state index in [1.165, 1.54) is 16.0 Å². The molecule has 1 aliphatic rings. The van der Waals surface area contributed by atoms with Crippen LogP contribution < -0.4 is 5.32 Å². The van der Waals surface area contributed by atoms with Gasteiger partial charge in [-0.05, 0) is 29.0 Å². The van der Waals surface area contributed by atoms with Gasteiger partial charge in [0.2, 0.25) is 5.91 Å². The molecule has 0 spiro atoms. The van der Waals surface area contributed by atoms with Crippen LogP contribution in [0.4, 0.5) is 0 Å². The number of nitrogens with zero attached hydrogens (tertiary/aromatic N) is 3. The van der Waals surface area contributed by atoms with Crippen molar-refractivity contribution in [2.75, 3.05) is 27.2 Å². The topological polar surface area (TPSA) is 47.9 Å². The summed E-state index contributed by atoms with van der Waals surface area (Å²) >= 11 is 1.79. The lowest BCUT2D eigenvalue weighted by molar-refractivity contribution is -0.130. The van der Waals surface area contributed by atoms with Crippen LogP contribution in [0.3, 0.4) is 0 Å². The van der Waals surface area contributed by atoms with Gasteiger partial charge in [-0.1, -0.05) is 30.3 Å². The van der Waals surface area contributed by atoms with Crippen molar-refractivity contribution >= 4 is 47.2 Å². The second-order valence-corrected chi connectivity index (χ2v) is 7.18. The van der Waals surface area contributed by atoms with Gasteiger partial charge in [0.05, 0.1) is 6.54 Å². The van der Waals surface area contributed by atoms with Crippen molar-refractivity contribution in [3.63, 3.8) is 0 Å². The fraction of sp³-hybridized carbons (Fsp3) is 0.368. The number of nitrogens with one attached hydrogen (secondary N) is 1. The minimum absolute atomic E-state index is 0. The molecule has 0 saturated heterocycles. The van der Waals surface area contributed by atoms with Gasteiger partial charge in [-0.15, -0.1) is 35.3 Å². The standard InChI is InChI=1S/C19H24N4OS.HI/c1-20-19(22(2)13-15-6-4-3-5-7-15)21-12-18(24)23-10-8-17-16(14-23)9-11-25-17;/h3-7,9,11H,8,10,12-14H2,1-2H3,(H,20,21);1H. The number of carbonyl (C=O) groups excluding carboxylic acids is 1. The molecule has 0 fully saturated rings. The van der Waals surface area contributed by atoms with E-state index < -0.39 is 0 Å². The zero-order valence-electron chi connectivity index (χ0n) is 15.1. The molecule has 1 N–H and O–H groups in total. The van der Waals surface area contributed by atoms with Gasteiger partial charge in [-0.2, -0.15) is 0 Å². The van der Waals surface area contributed by atoms with Gasteiger partial charge >= 0.3 is 0 Å². The molecule has 2 aromatic rings. The third kappa shape index (κ3) is 5.20. The van der Waals surface area contributed by atoms with Crippen molar-refractivity contribution in [3.05, 3.63) is 57.8 Å². The molecule has 140 valence electrons. The van der Waals surface area contributed by atoms with Gasteiger partial charge < -0.3 is 15.1 Å². The quantitative estimate of drug-likeness (QED) is 0.413. The van der Waals surface area contributed by atoms with Crippen LogP contribution in [0.25, 0.3) is 0 Å². The Kier molecular flexibility index (Phi) is 7.89. The zero-order valence-corrected chi connectivity index (χ0v) is 18.3. The van der Waals surface area contributed by atoms with Crippen molar-refractivity contribution in [1.29, 1.82) is 0 Å². The smallest absolute Gasteiger partial charge is 0.242 e. The number of rotatable bonds is 4. The number of aliphatic imine (C=N–C) groups is 1. The second-order valence-electron chi connectivity index (χ2n) is 6.18. The van der Waals surface area contributed by atoms with Crippen LogP contribution in [0.1, 0.15) is 16.0 Å². The predicted molar refractivity (Wildman–Crippen MR) is 118 cm³/mol. The molecule has 26 heavy (non-hydrogen) atoms. The first-order chi connectivity index (χ1) is 12.2. The molecule has 0 aliphatic carbocycles. The first kappa shape index (κ1) is 20.7. The van der Waals surface area contributed by atoms with E-state index in [2.05, 4.69) is 33.9 Å². The number of fused-ring (bicyclic) bond motifs is 1. The van der Waals surface area contributed by atoms with Crippen molar-refractivity contribution in [1.82, 2.24) is 15.1 Å². The lowest BCUT2D eigenvalue weighted by Gasteiger charge is -2.28. The van der Waals surface area contributed by atoms with Gasteiger partial charge in [-0.25, -0.2) is 0 Å². The summed E-state index contributed by atoms with van der Waals surface area (Å²) in [6.07, 6.45) is 0.960. The van der Waals surface area contributed by atoms with E-state index >= 15 is 0 Å². The van der Waals surface area contributed by atoms with Gasteiger partial charge in [0.15, 0.2) is 5.96 Å². The number of hydrogen-bond donors (Lipinski definition) is 1. The maximum Gasteiger partial charge on any atom is 0.242 e. The van der Waals surface area contributed by atoms with E-state index in [9.17, 15) is 4.79 Å². The molecule has 5 nitrogen and oxygen atoms in total. The summed E-state index contributed by atoms with van der Waals surface area (Å²) in [6, 6.07) is 12.4. The van der Waals surface area contributed by atoms with E-state index in [4.69, 9.17) is 0 Å². The highest BCUT2D eigenvalue weighted by atomic mass is 127.